The van der Waals surface area contributed by atoms with Gasteiger partial charge >= 0.3 is 0 Å². The number of hydrogen-bond donors (Lipinski definition) is 1. The molecule has 1 N–H and O–H groups in total. The number of thiazole rings is 1. The maximum Gasteiger partial charge on any atom is 0.264 e. The fourth-order valence-electron chi connectivity index (χ4n) is 2.26. The molecule has 1 aliphatic heterocycles. The Kier molecular flexibility index (Phi) is 4.97. The number of aromatic nitrogens is 1. The van der Waals surface area contributed by atoms with Crippen LogP contribution in [0.1, 0.15) is 35.9 Å². The summed E-state index contributed by atoms with van der Waals surface area (Å²) < 4.78 is 0. The third-order valence-electron chi connectivity index (χ3n) is 3.36. The van der Waals surface area contributed by atoms with Crippen molar-refractivity contribution in [1.29, 1.82) is 0 Å². The lowest BCUT2D eigenvalue weighted by Crippen LogP contribution is -2.42. The first kappa shape index (κ1) is 13.8. The normalized spacial score (nSPS) is 20.9. The minimum Gasteiger partial charge on any atom is -0.350 e. The third-order valence-corrected chi connectivity index (χ3v) is 4.58. The Morgan fingerprint density at radius 3 is 3.17 bits per heavy atom. The number of carbonyl (C=O) groups is 1. The number of nitrogens with one attached hydrogen (secondary N) is 1. The zero-order valence-corrected chi connectivity index (χ0v) is 12.1. The van der Waals surface area contributed by atoms with Gasteiger partial charge in [0, 0.05) is 19.1 Å². The molecule has 1 aromatic rings. The van der Waals surface area contributed by atoms with Gasteiger partial charge in [-0.1, -0.05) is 18.0 Å². The van der Waals surface area contributed by atoms with Crippen molar-refractivity contribution in [2.45, 2.75) is 32.2 Å². The number of nitrogens with zero attached hydrogens (tertiary/aromatic N) is 2. The summed E-state index contributed by atoms with van der Waals surface area (Å²) in [6.45, 7) is 4.96. The summed E-state index contributed by atoms with van der Waals surface area (Å²) >= 11 is 7.09. The van der Waals surface area contributed by atoms with E-state index in [2.05, 4.69) is 22.1 Å². The van der Waals surface area contributed by atoms with Crippen LogP contribution in [-0.4, -0.2) is 41.5 Å². The highest BCUT2D eigenvalue weighted by Gasteiger charge is 2.18. The molecule has 6 heteroatoms. The monoisotopic (exact) mass is 287 g/mol. The van der Waals surface area contributed by atoms with Gasteiger partial charge in [-0.05, 0) is 26.3 Å². The molecule has 0 radical (unpaired) electrons. The zero-order valence-electron chi connectivity index (χ0n) is 10.5. The molecule has 1 aliphatic rings. The van der Waals surface area contributed by atoms with E-state index in [1.807, 2.05) is 0 Å². The second-order valence-electron chi connectivity index (χ2n) is 4.61. The van der Waals surface area contributed by atoms with Gasteiger partial charge in [0.25, 0.3) is 5.91 Å². The van der Waals surface area contributed by atoms with E-state index in [1.165, 1.54) is 30.6 Å². The highest BCUT2D eigenvalue weighted by Crippen LogP contribution is 2.18. The molecule has 0 unspecified atom stereocenters. The highest BCUT2D eigenvalue weighted by atomic mass is 35.5. The molecule has 1 fully saturated rings. The second kappa shape index (κ2) is 6.50. The molecule has 0 spiro atoms. The fraction of sp³-hybridized carbons (Fsp3) is 0.667. The van der Waals surface area contributed by atoms with Crippen LogP contribution in [-0.2, 0) is 0 Å². The Morgan fingerprint density at radius 1 is 1.67 bits per heavy atom. The Bertz CT molecular complexity index is 410. The fourth-order valence-corrected chi connectivity index (χ4v) is 3.18. The van der Waals surface area contributed by atoms with Gasteiger partial charge < -0.3 is 5.32 Å². The molecule has 1 saturated heterocycles. The number of piperidine rings is 1. The van der Waals surface area contributed by atoms with Gasteiger partial charge in [-0.3, -0.25) is 9.69 Å². The molecule has 0 bridgehead atoms. The number of hydrogen-bond acceptors (Lipinski definition) is 4. The lowest BCUT2D eigenvalue weighted by Gasteiger charge is -2.33. The number of halogens is 1. The lowest BCUT2D eigenvalue weighted by atomic mass is 10.0. The smallest absolute Gasteiger partial charge is 0.264 e. The predicted octanol–water partition coefficient (Wildman–Crippen LogP) is 2.40. The number of carbonyl (C=O) groups excluding carboxylic acids is 1. The van der Waals surface area contributed by atoms with Crippen LogP contribution < -0.4 is 5.32 Å². The van der Waals surface area contributed by atoms with Gasteiger partial charge in [0.15, 0.2) is 5.15 Å². The average Bonchev–Trinajstić information content (AvgIpc) is 2.78. The first-order valence-electron chi connectivity index (χ1n) is 6.29. The molecule has 0 aromatic carbocycles. The van der Waals surface area contributed by atoms with Crippen LogP contribution in [0.25, 0.3) is 0 Å². The van der Waals surface area contributed by atoms with Crippen LogP contribution >= 0.6 is 22.9 Å². The summed E-state index contributed by atoms with van der Waals surface area (Å²) in [5.41, 5.74) is 1.59. The van der Waals surface area contributed by atoms with Crippen LogP contribution in [0.2, 0.25) is 5.15 Å². The molecule has 18 heavy (non-hydrogen) atoms. The van der Waals surface area contributed by atoms with E-state index in [-0.39, 0.29) is 5.91 Å². The standard InChI is InChI=1S/C12H18ClN3OS/c1-9-4-2-3-6-16(9)7-5-14-12(17)10-11(13)15-8-18-10/h8-9H,2-7H2,1H3,(H,14,17)/t9-/m1/s1. The van der Waals surface area contributed by atoms with Crippen molar-refractivity contribution >= 4 is 28.8 Å². The van der Waals surface area contributed by atoms with Crippen molar-refractivity contribution in [3.8, 4) is 0 Å². The highest BCUT2D eigenvalue weighted by molar-refractivity contribution is 7.12. The Hall–Kier alpha value is -0.650. The van der Waals surface area contributed by atoms with Gasteiger partial charge in [-0.15, -0.1) is 11.3 Å². The Morgan fingerprint density at radius 2 is 2.50 bits per heavy atom. The second-order valence-corrected chi connectivity index (χ2v) is 5.82. The third kappa shape index (κ3) is 3.43. The molecular formula is C12H18ClN3OS. The summed E-state index contributed by atoms with van der Waals surface area (Å²) in [4.78, 5) is 18.6. The minimum atomic E-state index is -0.118. The SMILES string of the molecule is C[C@@H]1CCCCN1CCNC(=O)c1scnc1Cl. The molecule has 1 atom stereocenters. The maximum absolute atomic E-state index is 11.8. The van der Waals surface area contributed by atoms with Crippen molar-refractivity contribution in [3.05, 3.63) is 15.5 Å². The topological polar surface area (TPSA) is 45.2 Å². The largest absolute Gasteiger partial charge is 0.350 e. The van der Waals surface area contributed by atoms with Gasteiger partial charge in [0.05, 0.1) is 5.51 Å². The van der Waals surface area contributed by atoms with E-state index in [0.717, 1.165) is 13.1 Å². The van der Waals surface area contributed by atoms with Gasteiger partial charge in [0.1, 0.15) is 4.88 Å². The van der Waals surface area contributed by atoms with Crippen molar-refractivity contribution in [2.24, 2.45) is 0 Å². The molecule has 0 saturated carbocycles. The van der Waals surface area contributed by atoms with Crippen LogP contribution in [0.5, 0.6) is 0 Å². The summed E-state index contributed by atoms with van der Waals surface area (Å²) in [5.74, 6) is -0.118. The molecule has 100 valence electrons. The van der Waals surface area contributed by atoms with Crippen molar-refractivity contribution in [3.63, 3.8) is 0 Å². The summed E-state index contributed by atoms with van der Waals surface area (Å²) in [7, 11) is 0. The van der Waals surface area contributed by atoms with E-state index >= 15 is 0 Å². The van der Waals surface area contributed by atoms with E-state index < -0.39 is 0 Å². The van der Waals surface area contributed by atoms with E-state index in [4.69, 9.17) is 11.6 Å². The van der Waals surface area contributed by atoms with Gasteiger partial charge in [0.2, 0.25) is 0 Å². The first-order chi connectivity index (χ1) is 8.68. The summed E-state index contributed by atoms with van der Waals surface area (Å²) in [6.07, 6.45) is 3.84. The Balaban J connectivity index is 1.75. The van der Waals surface area contributed by atoms with Gasteiger partial charge in [-0.2, -0.15) is 0 Å². The molecule has 0 aliphatic carbocycles. The van der Waals surface area contributed by atoms with E-state index in [0.29, 0.717) is 22.6 Å². The number of amides is 1. The van der Waals surface area contributed by atoms with Crippen LogP contribution in [0, 0.1) is 0 Å². The van der Waals surface area contributed by atoms with Gasteiger partial charge in [-0.25, -0.2) is 4.98 Å². The molecule has 1 aromatic heterocycles. The van der Waals surface area contributed by atoms with Crippen molar-refractivity contribution in [1.82, 2.24) is 15.2 Å². The summed E-state index contributed by atoms with van der Waals surface area (Å²) in [5, 5.41) is 3.19. The lowest BCUT2D eigenvalue weighted by molar-refractivity contribution is 0.0942. The molecule has 2 heterocycles. The minimum absolute atomic E-state index is 0.118. The van der Waals surface area contributed by atoms with Crippen LogP contribution in [0.15, 0.2) is 5.51 Å². The quantitative estimate of drug-likeness (QED) is 0.925. The predicted molar refractivity (Wildman–Crippen MR) is 74.3 cm³/mol. The van der Waals surface area contributed by atoms with E-state index in [1.54, 1.807) is 5.51 Å². The number of rotatable bonds is 4. The van der Waals surface area contributed by atoms with Crippen LogP contribution in [0.4, 0.5) is 0 Å². The maximum atomic E-state index is 11.8. The summed E-state index contributed by atoms with van der Waals surface area (Å²) in [6, 6.07) is 0.627. The molecule has 4 nitrogen and oxygen atoms in total. The van der Waals surface area contributed by atoms with Crippen LogP contribution in [0.3, 0.4) is 0 Å². The number of likely N-dealkylation sites (tertiary alicyclic amines) is 1. The molecule has 2 rings (SSSR count). The van der Waals surface area contributed by atoms with E-state index in [9.17, 15) is 4.79 Å². The Labute approximate surface area is 116 Å². The van der Waals surface area contributed by atoms with Crippen molar-refractivity contribution in [2.75, 3.05) is 19.6 Å². The molecule has 1 amide bonds. The van der Waals surface area contributed by atoms with Crippen molar-refractivity contribution < 1.29 is 4.79 Å². The first-order valence-corrected chi connectivity index (χ1v) is 7.55. The zero-order chi connectivity index (χ0) is 13.0. The molecular weight excluding hydrogens is 270 g/mol. The average molecular weight is 288 g/mol.